The molecule has 1 aliphatic heterocycles. The van der Waals surface area contributed by atoms with E-state index in [2.05, 4.69) is 15.6 Å². The van der Waals surface area contributed by atoms with Crippen molar-refractivity contribution in [3.63, 3.8) is 0 Å². The van der Waals surface area contributed by atoms with Gasteiger partial charge in [-0.2, -0.15) is 0 Å². The minimum Gasteiger partial charge on any atom is -0.444 e. The van der Waals surface area contributed by atoms with E-state index in [9.17, 15) is 9.90 Å². The topological polar surface area (TPSA) is 83.5 Å². The Morgan fingerprint density at radius 3 is 2.86 bits per heavy atom. The largest absolute Gasteiger partial charge is 0.444 e. The Kier molecular flexibility index (Phi) is 4.80. The summed E-state index contributed by atoms with van der Waals surface area (Å²) in [5.41, 5.74) is 0.303. The highest BCUT2D eigenvalue weighted by molar-refractivity contribution is 5.83. The highest BCUT2D eigenvalue weighted by Gasteiger charge is 2.25. The maximum Gasteiger partial charge on any atom is 0.413 e. The van der Waals surface area contributed by atoms with E-state index in [0.29, 0.717) is 18.8 Å². The van der Waals surface area contributed by atoms with Crippen molar-refractivity contribution >= 4 is 11.9 Å². The van der Waals surface area contributed by atoms with Crippen LogP contribution in [-0.4, -0.2) is 41.0 Å². The summed E-state index contributed by atoms with van der Waals surface area (Å²) in [5, 5.41) is 15.6. The van der Waals surface area contributed by atoms with Gasteiger partial charge in [0.05, 0.1) is 6.10 Å². The maximum atomic E-state index is 11.7. The number of β-amino-alcohol motifs (C(OH)–C–C–N with tert-alkyl or cyclic N) is 1. The number of nitrogens with one attached hydrogen (secondary N) is 2. The highest BCUT2D eigenvalue weighted by Crippen LogP contribution is 2.16. The molecule has 0 unspecified atom stereocenters. The standard InChI is InChI=1S/C15H23N3O3/c1-15(2,3)21-14(20)18-13-6-4-5-11(17-13)7-10-8-16-9-12(10)19/h4-6,10,12,16,19H,7-9H2,1-3H3,(H,17,18,20)/t10-,12-/m0/s1. The number of nitrogens with zero attached hydrogens (tertiary/aromatic N) is 1. The molecule has 0 aliphatic carbocycles. The number of amides is 1. The van der Waals surface area contributed by atoms with Crippen LogP contribution in [-0.2, 0) is 11.2 Å². The molecule has 21 heavy (non-hydrogen) atoms. The van der Waals surface area contributed by atoms with Crippen LogP contribution in [0.25, 0.3) is 0 Å². The fourth-order valence-corrected chi connectivity index (χ4v) is 2.27. The molecule has 2 atom stereocenters. The molecule has 1 aliphatic rings. The normalized spacial score (nSPS) is 22.1. The molecule has 1 fully saturated rings. The zero-order valence-corrected chi connectivity index (χ0v) is 12.7. The number of pyridine rings is 1. The number of carbonyl (C=O) groups is 1. The minimum atomic E-state index is -0.540. The summed E-state index contributed by atoms with van der Waals surface area (Å²) in [6.45, 7) is 6.84. The smallest absolute Gasteiger partial charge is 0.413 e. The van der Waals surface area contributed by atoms with Crippen molar-refractivity contribution in [3.05, 3.63) is 23.9 Å². The average Bonchev–Trinajstić information content (AvgIpc) is 2.73. The monoisotopic (exact) mass is 293 g/mol. The first-order valence-corrected chi connectivity index (χ1v) is 7.18. The van der Waals surface area contributed by atoms with Crippen LogP contribution in [0.1, 0.15) is 26.5 Å². The van der Waals surface area contributed by atoms with Crippen molar-refractivity contribution in [2.45, 2.75) is 38.9 Å². The van der Waals surface area contributed by atoms with E-state index in [1.54, 1.807) is 6.07 Å². The number of ether oxygens (including phenoxy) is 1. The molecule has 0 spiro atoms. The molecule has 1 aromatic rings. The number of carbonyl (C=O) groups excluding carboxylic acids is 1. The molecule has 6 heteroatoms. The quantitative estimate of drug-likeness (QED) is 0.787. The van der Waals surface area contributed by atoms with Crippen LogP contribution in [0, 0.1) is 5.92 Å². The molecule has 1 aromatic heterocycles. The SMILES string of the molecule is CC(C)(C)OC(=O)Nc1cccc(C[C@H]2CNC[C@@H]2O)n1. The molecule has 0 radical (unpaired) electrons. The molecular formula is C15H23N3O3. The Morgan fingerprint density at radius 1 is 1.48 bits per heavy atom. The fourth-order valence-electron chi connectivity index (χ4n) is 2.27. The van der Waals surface area contributed by atoms with Gasteiger partial charge in [-0.15, -0.1) is 0 Å². The van der Waals surface area contributed by atoms with E-state index in [0.717, 1.165) is 12.2 Å². The molecule has 116 valence electrons. The van der Waals surface area contributed by atoms with Gasteiger partial charge in [-0.3, -0.25) is 5.32 Å². The van der Waals surface area contributed by atoms with E-state index in [4.69, 9.17) is 4.74 Å². The summed E-state index contributed by atoms with van der Waals surface area (Å²) in [5.74, 6) is 0.622. The first-order valence-electron chi connectivity index (χ1n) is 7.18. The van der Waals surface area contributed by atoms with Gasteiger partial charge in [0.2, 0.25) is 0 Å². The van der Waals surface area contributed by atoms with E-state index >= 15 is 0 Å². The summed E-state index contributed by atoms with van der Waals surface area (Å²) in [6, 6.07) is 5.45. The van der Waals surface area contributed by atoms with Gasteiger partial charge in [0.25, 0.3) is 0 Å². The lowest BCUT2D eigenvalue weighted by Gasteiger charge is -2.19. The lowest BCUT2D eigenvalue weighted by molar-refractivity contribution is 0.0635. The third-order valence-electron chi connectivity index (χ3n) is 3.21. The summed E-state index contributed by atoms with van der Waals surface area (Å²) < 4.78 is 5.19. The molecule has 2 rings (SSSR count). The van der Waals surface area contributed by atoms with E-state index in [-0.39, 0.29) is 12.0 Å². The van der Waals surface area contributed by atoms with E-state index < -0.39 is 11.7 Å². The number of aliphatic hydroxyl groups is 1. The molecule has 1 amide bonds. The molecule has 1 saturated heterocycles. The lowest BCUT2D eigenvalue weighted by atomic mass is 10.00. The number of anilines is 1. The highest BCUT2D eigenvalue weighted by atomic mass is 16.6. The Hall–Kier alpha value is -1.66. The fraction of sp³-hybridized carbons (Fsp3) is 0.600. The first-order chi connectivity index (χ1) is 9.83. The second-order valence-corrected chi connectivity index (χ2v) is 6.33. The molecule has 3 N–H and O–H groups in total. The van der Waals surface area contributed by atoms with Crippen LogP contribution < -0.4 is 10.6 Å². The van der Waals surface area contributed by atoms with Gasteiger partial charge in [0, 0.05) is 24.7 Å². The van der Waals surface area contributed by atoms with Crippen molar-refractivity contribution in [3.8, 4) is 0 Å². The number of aliphatic hydroxyl groups excluding tert-OH is 1. The number of rotatable bonds is 3. The minimum absolute atomic E-state index is 0.161. The Balaban J connectivity index is 1.96. The summed E-state index contributed by atoms with van der Waals surface area (Å²) in [6.07, 6.45) is -0.179. The van der Waals surface area contributed by atoms with E-state index in [1.165, 1.54) is 0 Å². The molecule has 2 heterocycles. The Morgan fingerprint density at radius 2 is 2.24 bits per heavy atom. The van der Waals surface area contributed by atoms with Crippen LogP contribution in [0.15, 0.2) is 18.2 Å². The van der Waals surface area contributed by atoms with Gasteiger partial charge in [0.1, 0.15) is 11.4 Å². The van der Waals surface area contributed by atoms with Crippen molar-refractivity contribution in [1.29, 1.82) is 0 Å². The van der Waals surface area contributed by atoms with Gasteiger partial charge in [-0.1, -0.05) is 6.07 Å². The van der Waals surface area contributed by atoms with Gasteiger partial charge < -0.3 is 15.2 Å². The molecule has 0 saturated carbocycles. The van der Waals surface area contributed by atoms with Gasteiger partial charge in [0.15, 0.2) is 0 Å². The Bertz CT molecular complexity index is 499. The zero-order chi connectivity index (χ0) is 15.5. The van der Waals surface area contributed by atoms with Crippen LogP contribution in [0.2, 0.25) is 0 Å². The van der Waals surface area contributed by atoms with Crippen LogP contribution in [0.4, 0.5) is 10.6 Å². The summed E-state index contributed by atoms with van der Waals surface area (Å²) in [4.78, 5) is 16.1. The maximum absolute atomic E-state index is 11.7. The predicted octanol–water partition coefficient (Wildman–Crippen LogP) is 1.55. The third kappa shape index (κ3) is 4.99. The third-order valence-corrected chi connectivity index (χ3v) is 3.21. The summed E-state index contributed by atoms with van der Waals surface area (Å²) >= 11 is 0. The molecular weight excluding hydrogens is 270 g/mol. The second kappa shape index (κ2) is 6.41. The Labute approximate surface area is 124 Å². The van der Waals surface area contributed by atoms with Gasteiger partial charge in [-0.25, -0.2) is 9.78 Å². The number of hydrogen-bond donors (Lipinski definition) is 3. The van der Waals surface area contributed by atoms with Crippen molar-refractivity contribution in [1.82, 2.24) is 10.3 Å². The molecule has 6 nitrogen and oxygen atoms in total. The van der Waals surface area contributed by atoms with E-state index in [1.807, 2.05) is 32.9 Å². The van der Waals surface area contributed by atoms with Crippen LogP contribution in [0.3, 0.4) is 0 Å². The van der Waals surface area contributed by atoms with Gasteiger partial charge in [-0.05, 0) is 39.3 Å². The van der Waals surface area contributed by atoms with Gasteiger partial charge >= 0.3 is 6.09 Å². The van der Waals surface area contributed by atoms with Crippen molar-refractivity contribution in [2.75, 3.05) is 18.4 Å². The second-order valence-electron chi connectivity index (χ2n) is 6.33. The van der Waals surface area contributed by atoms with Crippen molar-refractivity contribution < 1.29 is 14.6 Å². The number of hydrogen-bond acceptors (Lipinski definition) is 5. The van der Waals surface area contributed by atoms with Crippen LogP contribution in [0.5, 0.6) is 0 Å². The van der Waals surface area contributed by atoms with Crippen molar-refractivity contribution in [2.24, 2.45) is 5.92 Å². The first kappa shape index (κ1) is 15.7. The molecule has 0 aromatic carbocycles. The lowest BCUT2D eigenvalue weighted by Crippen LogP contribution is -2.27. The number of aromatic nitrogens is 1. The zero-order valence-electron chi connectivity index (χ0n) is 12.7. The predicted molar refractivity (Wildman–Crippen MR) is 80.2 cm³/mol. The average molecular weight is 293 g/mol. The van der Waals surface area contributed by atoms with Crippen LogP contribution >= 0.6 is 0 Å². The molecule has 0 bridgehead atoms. The summed E-state index contributed by atoms with van der Waals surface area (Å²) in [7, 11) is 0.